The smallest absolute Gasteiger partial charge is 0.335 e. The van der Waals surface area contributed by atoms with E-state index in [4.69, 9.17) is 4.74 Å². The highest BCUT2D eigenvalue weighted by molar-refractivity contribution is 6.02. The van der Waals surface area contributed by atoms with Crippen LogP contribution in [0.25, 0.3) is 5.69 Å². The zero-order chi connectivity index (χ0) is 20.1. The molecule has 0 aliphatic carbocycles. The fourth-order valence-corrected chi connectivity index (χ4v) is 2.71. The van der Waals surface area contributed by atoms with Crippen LogP contribution in [0.1, 0.15) is 18.9 Å². The van der Waals surface area contributed by atoms with Gasteiger partial charge in [0.1, 0.15) is 11.3 Å². The number of hydrogen-bond acceptors (Lipinski definition) is 6. The van der Waals surface area contributed by atoms with Crippen molar-refractivity contribution in [1.29, 1.82) is 0 Å². The van der Waals surface area contributed by atoms with Gasteiger partial charge in [-0.1, -0.05) is 25.1 Å². The van der Waals surface area contributed by atoms with Gasteiger partial charge < -0.3 is 9.84 Å². The van der Waals surface area contributed by atoms with Gasteiger partial charge in [-0.2, -0.15) is 5.10 Å². The molecule has 0 amide bonds. The summed E-state index contributed by atoms with van der Waals surface area (Å²) >= 11 is 0. The first-order valence-corrected chi connectivity index (χ1v) is 8.65. The first kappa shape index (κ1) is 19.0. The fraction of sp³-hybridized carbons (Fsp3) is 0.150. The quantitative estimate of drug-likeness (QED) is 0.450. The molecule has 1 heterocycles. The number of para-hydroxylation sites is 1. The lowest BCUT2D eigenvalue weighted by Crippen LogP contribution is -2.33. The van der Waals surface area contributed by atoms with Crippen LogP contribution in [0.4, 0.5) is 5.69 Å². The van der Waals surface area contributed by atoms with Crippen LogP contribution < -0.4 is 21.4 Å². The van der Waals surface area contributed by atoms with E-state index >= 15 is 0 Å². The van der Waals surface area contributed by atoms with E-state index in [1.165, 1.54) is 7.11 Å². The molecule has 3 N–H and O–H groups in total. The summed E-state index contributed by atoms with van der Waals surface area (Å²) in [5, 5.41) is 15.0. The summed E-state index contributed by atoms with van der Waals surface area (Å²) in [4.78, 5) is 27.0. The molecule has 0 unspecified atom stereocenters. The Hall–Kier alpha value is -3.81. The maximum absolute atomic E-state index is 12.4. The molecule has 1 aromatic heterocycles. The summed E-state index contributed by atoms with van der Waals surface area (Å²) in [7, 11) is 1.53. The predicted molar refractivity (Wildman–Crippen MR) is 108 cm³/mol. The summed E-state index contributed by atoms with van der Waals surface area (Å²) in [5.41, 5.74) is 2.76. The Balaban J connectivity index is 2.09. The van der Waals surface area contributed by atoms with Crippen molar-refractivity contribution in [1.82, 2.24) is 9.55 Å². The Morgan fingerprint density at radius 1 is 1.14 bits per heavy atom. The Labute approximate surface area is 160 Å². The summed E-state index contributed by atoms with van der Waals surface area (Å²) in [6, 6.07) is 15.7. The van der Waals surface area contributed by atoms with Gasteiger partial charge in [-0.3, -0.25) is 15.2 Å². The van der Waals surface area contributed by atoms with E-state index in [-0.39, 0.29) is 5.56 Å². The first-order chi connectivity index (χ1) is 13.5. The molecule has 0 saturated heterocycles. The number of methoxy groups -OCH3 is 1. The second-order valence-electron chi connectivity index (χ2n) is 5.88. The Morgan fingerprint density at radius 2 is 1.82 bits per heavy atom. The molecule has 0 atom stereocenters. The molecule has 0 spiro atoms. The second-order valence-corrected chi connectivity index (χ2v) is 5.88. The summed E-state index contributed by atoms with van der Waals surface area (Å²) in [6.07, 6.45) is 0.358. The number of ether oxygens (including phenoxy) is 1. The van der Waals surface area contributed by atoms with Crippen molar-refractivity contribution in [3.05, 3.63) is 81.0 Å². The minimum absolute atomic E-state index is 0.0682. The molecule has 0 bridgehead atoms. The van der Waals surface area contributed by atoms with E-state index < -0.39 is 17.1 Å². The van der Waals surface area contributed by atoms with Gasteiger partial charge in [-0.05, 0) is 42.8 Å². The average molecular weight is 380 g/mol. The van der Waals surface area contributed by atoms with Gasteiger partial charge in [0.25, 0.3) is 5.56 Å². The van der Waals surface area contributed by atoms with Gasteiger partial charge >= 0.3 is 5.69 Å². The third kappa shape index (κ3) is 3.80. The van der Waals surface area contributed by atoms with Crippen LogP contribution in [0.2, 0.25) is 0 Å². The number of aromatic hydroxyl groups is 1. The molecule has 0 aliphatic rings. The fourth-order valence-electron chi connectivity index (χ4n) is 2.71. The number of hydrogen-bond donors (Lipinski definition) is 3. The van der Waals surface area contributed by atoms with Gasteiger partial charge in [0.15, 0.2) is 0 Å². The third-order valence-electron chi connectivity index (χ3n) is 4.13. The normalized spacial score (nSPS) is 11.3. The molecular formula is C20H20N4O4. The van der Waals surface area contributed by atoms with Crippen molar-refractivity contribution in [3.8, 4) is 17.3 Å². The molecule has 2 aromatic carbocycles. The van der Waals surface area contributed by atoms with Crippen molar-refractivity contribution >= 4 is 11.4 Å². The van der Waals surface area contributed by atoms with E-state index in [9.17, 15) is 14.7 Å². The number of rotatable bonds is 6. The standard InChI is InChI=1S/C20H20N4O4/c1-3-16(23-22-13-7-5-4-6-8-13)17-18(25)21-20(27)24(19(17)26)14-9-11-15(28-2)12-10-14/h4-12,22,26H,3H2,1-2H3,(H,21,25,27). The van der Waals surface area contributed by atoms with Crippen LogP contribution in [0.15, 0.2) is 69.3 Å². The molecule has 0 saturated carbocycles. The Morgan fingerprint density at radius 3 is 2.43 bits per heavy atom. The molecule has 0 fully saturated rings. The van der Waals surface area contributed by atoms with E-state index in [0.717, 1.165) is 10.3 Å². The molecule has 144 valence electrons. The number of nitrogens with one attached hydrogen (secondary N) is 2. The van der Waals surface area contributed by atoms with Crippen LogP contribution in [-0.4, -0.2) is 27.5 Å². The SMILES string of the molecule is CCC(=NNc1ccccc1)c1c(O)n(-c2ccc(OC)cc2)c(=O)[nH]c1=O. The predicted octanol–water partition coefficient (Wildman–Crippen LogP) is 2.47. The van der Waals surface area contributed by atoms with E-state index in [0.29, 0.717) is 23.6 Å². The van der Waals surface area contributed by atoms with Gasteiger partial charge in [0.05, 0.1) is 24.2 Å². The number of nitrogens with zero attached hydrogens (tertiary/aromatic N) is 2. The van der Waals surface area contributed by atoms with Crippen LogP contribution >= 0.6 is 0 Å². The minimum atomic E-state index is -0.747. The molecular weight excluding hydrogens is 360 g/mol. The highest BCUT2D eigenvalue weighted by Gasteiger charge is 2.19. The lowest BCUT2D eigenvalue weighted by Gasteiger charge is -2.13. The van der Waals surface area contributed by atoms with Crippen molar-refractivity contribution < 1.29 is 9.84 Å². The number of hydrazone groups is 1. The zero-order valence-corrected chi connectivity index (χ0v) is 15.5. The number of aromatic amines is 1. The van der Waals surface area contributed by atoms with Crippen molar-refractivity contribution in [2.24, 2.45) is 5.10 Å². The van der Waals surface area contributed by atoms with E-state index in [2.05, 4.69) is 15.5 Å². The molecule has 8 nitrogen and oxygen atoms in total. The molecule has 0 aliphatic heterocycles. The molecule has 3 aromatic rings. The summed E-state index contributed by atoms with van der Waals surface area (Å²) < 4.78 is 6.12. The number of anilines is 1. The minimum Gasteiger partial charge on any atom is -0.497 e. The van der Waals surface area contributed by atoms with E-state index in [1.54, 1.807) is 31.2 Å². The highest BCUT2D eigenvalue weighted by Crippen LogP contribution is 2.20. The van der Waals surface area contributed by atoms with Gasteiger partial charge in [0.2, 0.25) is 5.88 Å². The average Bonchev–Trinajstić information content (AvgIpc) is 2.71. The van der Waals surface area contributed by atoms with Crippen LogP contribution in [0.5, 0.6) is 11.6 Å². The Kier molecular flexibility index (Phi) is 5.59. The lowest BCUT2D eigenvalue weighted by atomic mass is 10.1. The van der Waals surface area contributed by atoms with E-state index in [1.807, 2.05) is 30.3 Å². The largest absolute Gasteiger partial charge is 0.497 e. The van der Waals surface area contributed by atoms with Crippen LogP contribution in [0, 0.1) is 0 Å². The first-order valence-electron chi connectivity index (χ1n) is 8.65. The molecule has 28 heavy (non-hydrogen) atoms. The van der Waals surface area contributed by atoms with Gasteiger partial charge in [-0.15, -0.1) is 0 Å². The number of H-pyrrole nitrogens is 1. The molecule has 0 radical (unpaired) electrons. The molecule has 3 rings (SSSR count). The maximum atomic E-state index is 12.4. The van der Waals surface area contributed by atoms with Gasteiger partial charge in [-0.25, -0.2) is 9.36 Å². The second kappa shape index (κ2) is 8.26. The third-order valence-corrected chi connectivity index (χ3v) is 4.13. The number of aromatic nitrogens is 2. The highest BCUT2D eigenvalue weighted by atomic mass is 16.5. The summed E-state index contributed by atoms with van der Waals surface area (Å²) in [5.74, 6) is 0.123. The number of benzene rings is 2. The molecule has 8 heteroatoms. The monoisotopic (exact) mass is 380 g/mol. The van der Waals surface area contributed by atoms with Crippen molar-refractivity contribution in [2.45, 2.75) is 13.3 Å². The topological polar surface area (TPSA) is 109 Å². The Bertz CT molecular complexity index is 1100. The maximum Gasteiger partial charge on any atom is 0.335 e. The van der Waals surface area contributed by atoms with Gasteiger partial charge in [0, 0.05) is 0 Å². The zero-order valence-electron chi connectivity index (χ0n) is 15.5. The van der Waals surface area contributed by atoms with Crippen LogP contribution in [0.3, 0.4) is 0 Å². The van der Waals surface area contributed by atoms with Crippen molar-refractivity contribution in [3.63, 3.8) is 0 Å². The van der Waals surface area contributed by atoms with Crippen molar-refractivity contribution in [2.75, 3.05) is 12.5 Å². The summed E-state index contributed by atoms with van der Waals surface area (Å²) in [6.45, 7) is 1.80. The lowest BCUT2D eigenvalue weighted by molar-refractivity contribution is 0.414. The van der Waals surface area contributed by atoms with Crippen LogP contribution in [-0.2, 0) is 0 Å².